The third-order valence-electron chi connectivity index (χ3n) is 3.63. The number of halogens is 2. The molecule has 2 fully saturated rings. The van der Waals surface area contributed by atoms with E-state index in [2.05, 4.69) is 5.32 Å². The summed E-state index contributed by atoms with van der Waals surface area (Å²) in [6.07, 6.45) is 5.14. The maximum Gasteiger partial charge on any atom is 0.0557 e. The predicted octanol–water partition coefficient (Wildman–Crippen LogP) is 4.37. The van der Waals surface area contributed by atoms with E-state index in [0.717, 1.165) is 14.9 Å². The first kappa shape index (κ1) is 12.2. The summed E-state index contributed by atoms with van der Waals surface area (Å²) in [6, 6.07) is 7.18. The molecule has 17 heavy (non-hydrogen) atoms. The molecule has 0 aliphatic carbocycles. The van der Waals surface area contributed by atoms with Gasteiger partial charge in [-0.25, -0.2) is 0 Å². The minimum Gasteiger partial charge on any atom is -0.311 e. The van der Waals surface area contributed by atoms with E-state index in [-0.39, 0.29) is 0 Å². The molecule has 0 saturated carbocycles. The fourth-order valence-electron chi connectivity index (χ4n) is 2.86. The summed E-state index contributed by atoms with van der Waals surface area (Å²) in [6.45, 7) is 0. The topological polar surface area (TPSA) is 12.0 Å². The van der Waals surface area contributed by atoms with Crippen LogP contribution >= 0.6 is 35.0 Å². The van der Waals surface area contributed by atoms with Crippen LogP contribution < -0.4 is 5.32 Å². The van der Waals surface area contributed by atoms with Gasteiger partial charge in [0.15, 0.2) is 0 Å². The van der Waals surface area contributed by atoms with Crippen molar-refractivity contribution in [2.45, 2.75) is 47.9 Å². The van der Waals surface area contributed by atoms with Crippen molar-refractivity contribution in [2.24, 2.45) is 0 Å². The van der Waals surface area contributed by atoms with Crippen LogP contribution in [0.1, 0.15) is 25.7 Å². The lowest BCUT2D eigenvalue weighted by molar-refractivity contribution is 0.415. The molecule has 0 spiro atoms. The summed E-state index contributed by atoms with van der Waals surface area (Å²) in [4.78, 5) is 1.06. The van der Waals surface area contributed by atoms with Crippen molar-refractivity contribution in [3.8, 4) is 0 Å². The smallest absolute Gasteiger partial charge is 0.0557 e. The number of rotatable bonds is 2. The number of fused-ring (bicyclic) bond motifs is 2. The maximum absolute atomic E-state index is 6.22. The van der Waals surface area contributed by atoms with Crippen molar-refractivity contribution < 1.29 is 0 Å². The number of hydrogen-bond acceptors (Lipinski definition) is 2. The summed E-state index contributed by atoms with van der Waals surface area (Å²) in [5, 5.41) is 5.89. The second-order valence-corrected chi connectivity index (χ2v) is 7.02. The molecule has 2 saturated heterocycles. The highest BCUT2D eigenvalue weighted by Gasteiger charge is 2.34. The van der Waals surface area contributed by atoms with E-state index < -0.39 is 0 Å². The minimum atomic E-state index is 0.658. The van der Waals surface area contributed by atoms with Gasteiger partial charge in [0.2, 0.25) is 0 Å². The summed E-state index contributed by atoms with van der Waals surface area (Å²) >= 11 is 14.3. The van der Waals surface area contributed by atoms with Crippen molar-refractivity contribution >= 4 is 35.0 Å². The van der Waals surface area contributed by atoms with Crippen LogP contribution in [0.15, 0.2) is 23.1 Å². The molecule has 3 rings (SSSR count). The van der Waals surface area contributed by atoms with Crippen LogP contribution in [0, 0.1) is 0 Å². The Bertz CT molecular complexity index is 392. The Morgan fingerprint density at radius 1 is 1.06 bits per heavy atom. The molecule has 1 aromatic rings. The largest absolute Gasteiger partial charge is 0.311 e. The zero-order chi connectivity index (χ0) is 11.8. The van der Waals surface area contributed by atoms with Gasteiger partial charge in [-0.15, -0.1) is 11.8 Å². The van der Waals surface area contributed by atoms with E-state index in [1.54, 1.807) is 0 Å². The molecule has 92 valence electrons. The summed E-state index contributed by atoms with van der Waals surface area (Å²) in [5.74, 6) is 0. The van der Waals surface area contributed by atoms with E-state index >= 15 is 0 Å². The molecule has 1 nitrogen and oxygen atoms in total. The molecule has 0 radical (unpaired) electrons. The molecule has 2 atom stereocenters. The van der Waals surface area contributed by atoms with Crippen LogP contribution in [0.4, 0.5) is 0 Å². The molecule has 2 heterocycles. The molecule has 2 unspecified atom stereocenters. The van der Waals surface area contributed by atoms with Crippen molar-refractivity contribution in [2.75, 3.05) is 0 Å². The fraction of sp³-hybridized carbons (Fsp3) is 0.538. The number of thioether (sulfide) groups is 1. The summed E-state index contributed by atoms with van der Waals surface area (Å²) in [7, 11) is 0. The fourth-order valence-corrected chi connectivity index (χ4v) is 4.88. The standard InChI is InChI=1S/C13H15Cl2NS/c14-11-2-1-3-12(15)13(11)17-10-6-8-4-5-9(7-10)16-8/h1-3,8-10,16H,4-7H2. The van der Waals surface area contributed by atoms with E-state index in [1.165, 1.54) is 25.7 Å². The zero-order valence-corrected chi connectivity index (χ0v) is 11.8. The van der Waals surface area contributed by atoms with Gasteiger partial charge in [0.1, 0.15) is 0 Å². The molecule has 1 aromatic carbocycles. The SMILES string of the molecule is Clc1cccc(Cl)c1SC1CC2CCC(C1)N2. The van der Waals surface area contributed by atoms with Gasteiger partial charge >= 0.3 is 0 Å². The van der Waals surface area contributed by atoms with E-state index in [0.29, 0.717) is 17.3 Å². The van der Waals surface area contributed by atoms with Gasteiger partial charge in [0.25, 0.3) is 0 Å². The first-order valence-corrected chi connectivity index (χ1v) is 7.72. The van der Waals surface area contributed by atoms with Crippen molar-refractivity contribution in [1.29, 1.82) is 0 Å². The Morgan fingerprint density at radius 2 is 1.65 bits per heavy atom. The zero-order valence-electron chi connectivity index (χ0n) is 9.46. The maximum atomic E-state index is 6.22. The molecule has 2 aliphatic rings. The monoisotopic (exact) mass is 287 g/mol. The molecular weight excluding hydrogens is 273 g/mol. The molecular formula is C13H15Cl2NS. The van der Waals surface area contributed by atoms with Crippen molar-refractivity contribution in [1.82, 2.24) is 5.32 Å². The Labute approximate surface area is 116 Å². The second kappa shape index (κ2) is 5.00. The highest BCUT2D eigenvalue weighted by molar-refractivity contribution is 8.00. The average Bonchev–Trinajstić information content (AvgIpc) is 2.64. The van der Waals surface area contributed by atoms with E-state index in [9.17, 15) is 0 Å². The van der Waals surface area contributed by atoms with Gasteiger partial charge in [-0.2, -0.15) is 0 Å². The first-order chi connectivity index (χ1) is 8.22. The number of piperidine rings is 1. The van der Waals surface area contributed by atoms with Crippen LogP contribution in [-0.2, 0) is 0 Å². The third-order valence-corrected chi connectivity index (χ3v) is 5.88. The van der Waals surface area contributed by atoms with Gasteiger partial charge in [0, 0.05) is 22.2 Å². The molecule has 0 amide bonds. The van der Waals surface area contributed by atoms with Crippen LogP contribution in [0.3, 0.4) is 0 Å². The summed E-state index contributed by atoms with van der Waals surface area (Å²) in [5.41, 5.74) is 0. The Balaban J connectivity index is 1.74. The lowest BCUT2D eigenvalue weighted by atomic mass is 10.1. The predicted molar refractivity (Wildman–Crippen MR) is 75.3 cm³/mol. The van der Waals surface area contributed by atoms with Crippen LogP contribution in [0.25, 0.3) is 0 Å². The molecule has 2 bridgehead atoms. The number of hydrogen-bond donors (Lipinski definition) is 1. The minimum absolute atomic E-state index is 0.658. The number of benzene rings is 1. The lowest BCUT2D eigenvalue weighted by Gasteiger charge is -2.29. The molecule has 2 aliphatic heterocycles. The highest BCUT2D eigenvalue weighted by Crippen LogP contribution is 2.42. The Morgan fingerprint density at radius 3 is 2.24 bits per heavy atom. The Kier molecular flexibility index (Phi) is 3.58. The third kappa shape index (κ3) is 2.60. The average molecular weight is 288 g/mol. The normalized spacial score (nSPS) is 31.8. The van der Waals surface area contributed by atoms with Gasteiger partial charge in [0.05, 0.1) is 10.0 Å². The highest BCUT2D eigenvalue weighted by atomic mass is 35.5. The lowest BCUT2D eigenvalue weighted by Crippen LogP contribution is -2.39. The van der Waals surface area contributed by atoms with Crippen molar-refractivity contribution in [3.05, 3.63) is 28.2 Å². The molecule has 4 heteroatoms. The Hall–Kier alpha value is 0.110. The first-order valence-electron chi connectivity index (χ1n) is 6.09. The van der Waals surface area contributed by atoms with E-state index in [4.69, 9.17) is 23.2 Å². The molecule has 1 N–H and O–H groups in total. The van der Waals surface area contributed by atoms with E-state index in [1.807, 2.05) is 30.0 Å². The molecule has 0 aromatic heterocycles. The van der Waals surface area contributed by atoms with Gasteiger partial charge in [-0.1, -0.05) is 29.3 Å². The van der Waals surface area contributed by atoms with Crippen LogP contribution in [-0.4, -0.2) is 17.3 Å². The van der Waals surface area contributed by atoms with Crippen LogP contribution in [0.5, 0.6) is 0 Å². The second-order valence-electron chi connectivity index (χ2n) is 4.90. The van der Waals surface area contributed by atoms with Crippen LogP contribution in [0.2, 0.25) is 10.0 Å². The van der Waals surface area contributed by atoms with Gasteiger partial charge in [-0.3, -0.25) is 0 Å². The van der Waals surface area contributed by atoms with Crippen molar-refractivity contribution in [3.63, 3.8) is 0 Å². The number of nitrogens with one attached hydrogen (secondary N) is 1. The quantitative estimate of drug-likeness (QED) is 0.867. The summed E-state index contributed by atoms with van der Waals surface area (Å²) < 4.78 is 0. The van der Waals surface area contributed by atoms with Gasteiger partial charge < -0.3 is 5.32 Å². The van der Waals surface area contributed by atoms with Gasteiger partial charge in [-0.05, 0) is 37.8 Å².